The van der Waals surface area contributed by atoms with Crippen molar-refractivity contribution >= 4 is 38.9 Å². The number of aromatic nitrogens is 2. The van der Waals surface area contributed by atoms with Crippen LogP contribution in [0.1, 0.15) is 12.7 Å². The molecule has 0 aliphatic carbocycles. The molecule has 1 aromatic heterocycles. The lowest BCUT2D eigenvalue weighted by molar-refractivity contribution is 0.900. The molecule has 1 aliphatic rings. The molecular weight excluding hydrogens is 486 g/mol. The van der Waals surface area contributed by atoms with Gasteiger partial charge in [0.2, 0.25) is 0 Å². The molecule has 8 rings (SSSR count). The van der Waals surface area contributed by atoms with E-state index >= 15 is 0 Å². The van der Waals surface area contributed by atoms with Crippen LogP contribution in [0.5, 0.6) is 0 Å². The fourth-order valence-electron chi connectivity index (χ4n) is 6.13. The molecule has 1 aliphatic heterocycles. The zero-order valence-corrected chi connectivity index (χ0v) is 22.3. The average Bonchev–Trinajstić information content (AvgIpc) is 3.41. The first kappa shape index (κ1) is 22.8. The molecule has 3 heteroatoms. The zero-order chi connectivity index (χ0) is 26.6. The summed E-state index contributed by atoms with van der Waals surface area (Å²) >= 11 is 0. The lowest BCUT2D eigenvalue weighted by Gasteiger charge is -2.33. The minimum Gasteiger partial charge on any atom is -0.306 e. The molecule has 0 saturated carbocycles. The third kappa shape index (κ3) is 3.48. The van der Waals surface area contributed by atoms with Gasteiger partial charge in [0, 0.05) is 12.1 Å². The maximum absolute atomic E-state index is 5.04. The molecule has 0 bridgehead atoms. The molecule has 7 aromatic rings. The predicted molar refractivity (Wildman–Crippen MR) is 167 cm³/mol. The van der Waals surface area contributed by atoms with Crippen LogP contribution in [0.25, 0.3) is 49.7 Å². The molecule has 0 fully saturated rings. The van der Waals surface area contributed by atoms with Crippen molar-refractivity contribution in [2.75, 3.05) is 4.90 Å². The standard InChI is InChI=1S/C37H27N3/c1-2-36-38-32-14-9-15-34-37(32)40(36)35-24-30(20-21-33(35)39(34)31-12-7-4-8-13-31)29-19-18-27-22-26(16-17-28(27)23-29)25-10-5-3-6-11-25/h3-24H,2H2,1H3. The van der Waals surface area contributed by atoms with E-state index in [1.54, 1.807) is 0 Å². The second-order valence-electron chi connectivity index (χ2n) is 10.4. The van der Waals surface area contributed by atoms with Crippen LogP contribution in [0.2, 0.25) is 0 Å². The Morgan fingerprint density at radius 1 is 0.525 bits per heavy atom. The topological polar surface area (TPSA) is 21.1 Å². The number of rotatable bonds is 4. The van der Waals surface area contributed by atoms with Crippen LogP contribution in [0.4, 0.5) is 17.1 Å². The first-order chi connectivity index (χ1) is 19.8. The number of imidazole rings is 1. The molecule has 0 spiro atoms. The second kappa shape index (κ2) is 8.96. The van der Waals surface area contributed by atoms with Gasteiger partial charge < -0.3 is 4.90 Å². The summed E-state index contributed by atoms with van der Waals surface area (Å²) in [5, 5.41) is 2.49. The lowest BCUT2D eigenvalue weighted by atomic mass is 9.97. The van der Waals surface area contributed by atoms with Crippen molar-refractivity contribution in [1.82, 2.24) is 9.55 Å². The van der Waals surface area contributed by atoms with Gasteiger partial charge in [-0.15, -0.1) is 0 Å². The number of para-hydroxylation sites is 2. The first-order valence-corrected chi connectivity index (χ1v) is 13.9. The van der Waals surface area contributed by atoms with Crippen LogP contribution in [-0.4, -0.2) is 9.55 Å². The second-order valence-corrected chi connectivity index (χ2v) is 10.4. The number of benzene rings is 6. The Morgan fingerprint density at radius 3 is 1.90 bits per heavy atom. The quantitative estimate of drug-likeness (QED) is 0.233. The Bertz CT molecular complexity index is 2040. The number of fused-ring (bicyclic) bond motifs is 3. The van der Waals surface area contributed by atoms with E-state index in [0.29, 0.717) is 0 Å². The van der Waals surface area contributed by atoms with Crippen molar-refractivity contribution in [3.63, 3.8) is 0 Å². The van der Waals surface area contributed by atoms with Crippen LogP contribution in [0.15, 0.2) is 133 Å². The molecule has 0 N–H and O–H groups in total. The molecule has 0 radical (unpaired) electrons. The Labute approximate surface area is 233 Å². The monoisotopic (exact) mass is 513 g/mol. The molecule has 0 saturated heterocycles. The van der Waals surface area contributed by atoms with Gasteiger partial charge >= 0.3 is 0 Å². The van der Waals surface area contributed by atoms with E-state index in [4.69, 9.17) is 4.98 Å². The van der Waals surface area contributed by atoms with E-state index in [2.05, 4.69) is 150 Å². The van der Waals surface area contributed by atoms with E-state index in [1.807, 2.05) is 0 Å². The molecule has 6 aromatic carbocycles. The number of hydrogen-bond donors (Lipinski definition) is 0. The van der Waals surface area contributed by atoms with Gasteiger partial charge in [-0.3, -0.25) is 4.57 Å². The summed E-state index contributed by atoms with van der Waals surface area (Å²) in [6, 6.07) is 48.0. The summed E-state index contributed by atoms with van der Waals surface area (Å²) in [5.74, 6) is 1.08. The Hall–Kier alpha value is -5.15. The van der Waals surface area contributed by atoms with Crippen molar-refractivity contribution in [2.24, 2.45) is 0 Å². The predicted octanol–water partition coefficient (Wildman–Crippen LogP) is 9.86. The number of nitrogens with zero attached hydrogens (tertiary/aromatic N) is 3. The fraction of sp³-hybridized carbons (Fsp3) is 0.0541. The van der Waals surface area contributed by atoms with Crippen LogP contribution < -0.4 is 4.90 Å². The van der Waals surface area contributed by atoms with Crippen molar-refractivity contribution in [2.45, 2.75) is 13.3 Å². The van der Waals surface area contributed by atoms with Crippen molar-refractivity contribution in [1.29, 1.82) is 0 Å². The lowest BCUT2D eigenvalue weighted by Crippen LogP contribution is -2.19. The van der Waals surface area contributed by atoms with Gasteiger partial charge in [0.25, 0.3) is 0 Å². The Kier molecular flexibility index (Phi) is 5.11. The minimum atomic E-state index is 0.864. The SMILES string of the molecule is CCc1nc2cccc3c2n1-c1cc(-c2ccc4cc(-c5ccccc5)ccc4c2)ccc1N3c1ccccc1. The first-order valence-electron chi connectivity index (χ1n) is 13.9. The van der Waals surface area contributed by atoms with Gasteiger partial charge in [0.05, 0.1) is 28.1 Å². The summed E-state index contributed by atoms with van der Waals surface area (Å²) in [6.45, 7) is 2.19. The Balaban J connectivity index is 1.30. The van der Waals surface area contributed by atoms with Gasteiger partial charge in [-0.25, -0.2) is 4.98 Å². The highest BCUT2D eigenvalue weighted by Crippen LogP contribution is 2.48. The van der Waals surface area contributed by atoms with E-state index in [9.17, 15) is 0 Å². The maximum atomic E-state index is 5.04. The molecule has 0 atom stereocenters. The largest absolute Gasteiger partial charge is 0.306 e. The van der Waals surface area contributed by atoms with E-state index < -0.39 is 0 Å². The highest BCUT2D eigenvalue weighted by Gasteiger charge is 2.28. The van der Waals surface area contributed by atoms with Gasteiger partial charge in [-0.1, -0.05) is 91.9 Å². The highest BCUT2D eigenvalue weighted by atomic mass is 15.2. The van der Waals surface area contributed by atoms with Crippen LogP contribution in [0, 0.1) is 0 Å². The minimum absolute atomic E-state index is 0.864. The van der Waals surface area contributed by atoms with Gasteiger partial charge in [0.1, 0.15) is 5.82 Å². The summed E-state index contributed by atoms with van der Waals surface area (Å²) < 4.78 is 2.37. The third-order valence-electron chi connectivity index (χ3n) is 8.03. The fourth-order valence-corrected chi connectivity index (χ4v) is 6.13. The maximum Gasteiger partial charge on any atom is 0.114 e. The normalized spacial score (nSPS) is 12.2. The number of aryl methyl sites for hydroxylation is 1. The van der Waals surface area contributed by atoms with E-state index in [1.165, 1.54) is 44.2 Å². The summed E-state index contributed by atoms with van der Waals surface area (Å²) in [5.41, 5.74) is 11.7. The smallest absolute Gasteiger partial charge is 0.114 e. The van der Waals surface area contributed by atoms with E-state index in [0.717, 1.165) is 34.8 Å². The van der Waals surface area contributed by atoms with Gasteiger partial charge in [-0.05, 0) is 81.6 Å². The Morgan fingerprint density at radius 2 is 1.18 bits per heavy atom. The van der Waals surface area contributed by atoms with Crippen LogP contribution >= 0.6 is 0 Å². The molecule has 40 heavy (non-hydrogen) atoms. The van der Waals surface area contributed by atoms with Crippen LogP contribution in [-0.2, 0) is 6.42 Å². The van der Waals surface area contributed by atoms with Crippen molar-refractivity contribution in [3.8, 4) is 27.9 Å². The van der Waals surface area contributed by atoms with Crippen molar-refractivity contribution in [3.05, 3.63) is 139 Å². The number of anilines is 3. The summed E-state index contributed by atoms with van der Waals surface area (Å²) in [6.07, 6.45) is 0.864. The van der Waals surface area contributed by atoms with E-state index in [-0.39, 0.29) is 0 Å². The zero-order valence-electron chi connectivity index (χ0n) is 22.3. The van der Waals surface area contributed by atoms with Gasteiger partial charge in [-0.2, -0.15) is 0 Å². The van der Waals surface area contributed by atoms with Crippen molar-refractivity contribution < 1.29 is 0 Å². The average molecular weight is 514 g/mol. The third-order valence-corrected chi connectivity index (χ3v) is 8.03. The molecular formula is C37H27N3. The summed E-state index contributed by atoms with van der Waals surface area (Å²) in [4.78, 5) is 7.41. The van der Waals surface area contributed by atoms with Crippen LogP contribution in [0.3, 0.4) is 0 Å². The van der Waals surface area contributed by atoms with Gasteiger partial charge in [0.15, 0.2) is 0 Å². The molecule has 3 nitrogen and oxygen atoms in total. The molecule has 0 amide bonds. The molecule has 0 unspecified atom stereocenters. The highest BCUT2D eigenvalue weighted by molar-refractivity contribution is 6.02. The molecule has 190 valence electrons. The summed E-state index contributed by atoms with van der Waals surface area (Å²) in [7, 11) is 0. The molecule has 2 heterocycles. The number of hydrogen-bond acceptors (Lipinski definition) is 2.